The Morgan fingerprint density at radius 1 is 0.958 bits per heavy atom. The Morgan fingerprint density at radius 3 is 2.12 bits per heavy atom. The molecule has 3 rings (SSSR count). The van der Waals surface area contributed by atoms with Crippen LogP contribution < -0.4 is 5.14 Å². The first kappa shape index (κ1) is 16.4. The van der Waals surface area contributed by atoms with E-state index in [0.717, 1.165) is 22.4 Å². The van der Waals surface area contributed by atoms with Crippen molar-refractivity contribution in [1.29, 1.82) is 0 Å². The van der Waals surface area contributed by atoms with E-state index in [1.807, 2.05) is 44.2 Å². The SMILES string of the molecule is CC(C)c1noc(-c2ccccc2)c1-c1ccc(S(N)(=O)=O)cc1. The number of benzene rings is 2. The minimum absolute atomic E-state index is 0.0788. The van der Waals surface area contributed by atoms with Crippen molar-refractivity contribution in [3.63, 3.8) is 0 Å². The Kier molecular flexibility index (Phi) is 4.26. The maximum atomic E-state index is 11.4. The first-order valence-corrected chi connectivity index (χ1v) is 9.11. The van der Waals surface area contributed by atoms with Crippen molar-refractivity contribution in [2.75, 3.05) is 0 Å². The van der Waals surface area contributed by atoms with Crippen LogP contribution in [0.4, 0.5) is 0 Å². The molecular weight excluding hydrogens is 324 g/mol. The molecule has 0 spiro atoms. The Morgan fingerprint density at radius 2 is 1.58 bits per heavy atom. The van der Waals surface area contributed by atoms with Gasteiger partial charge in [-0.1, -0.05) is 61.5 Å². The van der Waals surface area contributed by atoms with Crippen LogP contribution in [-0.2, 0) is 10.0 Å². The number of rotatable bonds is 4. The van der Waals surface area contributed by atoms with Crippen molar-refractivity contribution in [1.82, 2.24) is 5.16 Å². The Bertz CT molecular complexity index is 944. The number of nitrogens with zero attached hydrogens (tertiary/aromatic N) is 1. The highest BCUT2D eigenvalue weighted by Crippen LogP contribution is 2.38. The lowest BCUT2D eigenvalue weighted by molar-refractivity contribution is 0.420. The molecule has 0 saturated heterocycles. The fourth-order valence-corrected chi connectivity index (χ4v) is 3.09. The molecular formula is C18H18N2O3S. The summed E-state index contributed by atoms with van der Waals surface area (Å²) in [6.45, 7) is 4.07. The first-order valence-electron chi connectivity index (χ1n) is 7.56. The number of hydrogen-bond donors (Lipinski definition) is 1. The average molecular weight is 342 g/mol. The summed E-state index contributed by atoms with van der Waals surface area (Å²) in [6.07, 6.45) is 0. The molecule has 0 amide bonds. The highest BCUT2D eigenvalue weighted by molar-refractivity contribution is 7.89. The van der Waals surface area contributed by atoms with Gasteiger partial charge in [0.05, 0.1) is 16.2 Å². The lowest BCUT2D eigenvalue weighted by atomic mass is 9.95. The smallest absolute Gasteiger partial charge is 0.238 e. The van der Waals surface area contributed by atoms with Crippen molar-refractivity contribution >= 4 is 10.0 Å². The standard InChI is InChI=1S/C18H18N2O3S/c1-12(2)17-16(13-8-10-15(11-9-13)24(19,21)22)18(23-20-17)14-6-4-3-5-7-14/h3-12H,1-2H3,(H2,19,21,22). The molecule has 5 nitrogen and oxygen atoms in total. The fraction of sp³-hybridized carbons (Fsp3) is 0.167. The summed E-state index contributed by atoms with van der Waals surface area (Å²) >= 11 is 0. The Labute approximate surface area is 141 Å². The zero-order valence-corrected chi connectivity index (χ0v) is 14.2. The normalized spacial score (nSPS) is 11.8. The van der Waals surface area contributed by atoms with Gasteiger partial charge in [-0.25, -0.2) is 13.6 Å². The predicted molar refractivity (Wildman–Crippen MR) is 92.8 cm³/mol. The number of sulfonamides is 1. The molecule has 6 heteroatoms. The number of aromatic nitrogens is 1. The molecule has 0 aliphatic carbocycles. The van der Waals surface area contributed by atoms with Gasteiger partial charge in [-0.05, 0) is 23.6 Å². The number of hydrogen-bond acceptors (Lipinski definition) is 4. The van der Waals surface area contributed by atoms with Crippen LogP contribution in [0.5, 0.6) is 0 Å². The molecule has 1 aromatic heterocycles. The van der Waals surface area contributed by atoms with Crippen LogP contribution in [0.2, 0.25) is 0 Å². The second-order valence-corrected chi connectivity index (χ2v) is 7.42. The second kappa shape index (κ2) is 6.22. The molecule has 1 heterocycles. The summed E-state index contributed by atoms with van der Waals surface area (Å²) < 4.78 is 28.5. The summed E-state index contributed by atoms with van der Waals surface area (Å²) in [6, 6.07) is 16.1. The molecule has 2 N–H and O–H groups in total. The summed E-state index contributed by atoms with van der Waals surface area (Å²) in [5.41, 5.74) is 3.46. The van der Waals surface area contributed by atoms with Gasteiger partial charge in [-0.2, -0.15) is 0 Å². The minimum Gasteiger partial charge on any atom is -0.355 e. The molecule has 0 aliphatic rings. The molecule has 124 valence electrons. The van der Waals surface area contributed by atoms with Crippen LogP contribution >= 0.6 is 0 Å². The first-order chi connectivity index (χ1) is 11.4. The van der Waals surface area contributed by atoms with E-state index in [1.165, 1.54) is 12.1 Å². The van der Waals surface area contributed by atoms with Gasteiger partial charge >= 0.3 is 0 Å². The topological polar surface area (TPSA) is 86.2 Å². The largest absolute Gasteiger partial charge is 0.355 e. The third-order valence-corrected chi connectivity index (χ3v) is 4.70. The average Bonchev–Trinajstić information content (AvgIpc) is 3.00. The Balaban J connectivity index is 2.17. The summed E-state index contributed by atoms with van der Waals surface area (Å²) in [4.78, 5) is 0.0788. The summed E-state index contributed by atoms with van der Waals surface area (Å²) in [5.74, 6) is 0.835. The zero-order chi connectivity index (χ0) is 17.3. The second-order valence-electron chi connectivity index (χ2n) is 5.86. The lowest BCUT2D eigenvalue weighted by Crippen LogP contribution is -2.11. The molecule has 0 unspecified atom stereocenters. The third kappa shape index (κ3) is 3.11. The maximum Gasteiger partial charge on any atom is 0.238 e. The van der Waals surface area contributed by atoms with Gasteiger partial charge in [0.1, 0.15) is 0 Å². The van der Waals surface area contributed by atoms with Crippen LogP contribution in [0, 0.1) is 0 Å². The molecule has 0 radical (unpaired) electrons. The van der Waals surface area contributed by atoms with Gasteiger partial charge in [0.2, 0.25) is 10.0 Å². The Hall–Kier alpha value is -2.44. The van der Waals surface area contributed by atoms with Crippen molar-refractivity contribution in [2.24, 2.45) is 5.14 Å². The van der Waals surface area contributed by atoms with Crippen molar-refractivity contribution < 1.29 is 12.9 Å². The van der Waals surface area contributed by atoms with E-state index in [4.69, 9.17) is 9.66 Å². The number of primary sulfonamides is 1. The maximum absolute atomic E-state index is 11.4. The van der Waals surface area contributed by atoms with Crippen LogP contribution in [-0.4, -0.2) is 13.6 Å². The monoisotopic (exact) mass is 342 g/mol. The van der Waals surface area contributed by atoms with E-state index in [2.05, 4.69) is 5.16 Å². The molecule has 0 saturated carbocycles. The third-order valence-electron chi connectivity index (χ3n) is 3.77. The highest BCUT2D eigenvalue weighted by atomic mass is 32.2. The van der Waals surface area contributed by atoms with E-state index in [0.29, 0.717) is 5.76 Å². The van der Waals surface area contributed by atoms with Gasteiger partial charge < -0.3 is 4.52 Å². The van der Waals surface area contributed by atoms with Crippen LogP contribution in [0.3, 0.4) is 0 Å². The summed E-state index contributed by atoms with van der Waals surface area (Å²) in [7, 11) is -3.72. The molecule has 0 atom stereocenters. The van der Waals surface area contributed by atoms with E-state index in [-0.39, 0.29) is 10.8 Å². The van der Waals surface area contributed by atoms with Crippen LogP contribution in [0.15, 0.2) is 64.0 Å². The zero-order valence-electron chi connectivity index (χ0n) is 13.4. The molecule has 3 aromatic rings. The van der Waals surface area contributed by atoms with Crippen molar-refractivity contribution in [2.45, 2.75) is 24.7 Å². The van der Waals surface area contributed by atoms with Gasteiger partial charge in [-0.3, -0.25) is 0 Å². The van der Waals surface area contributed by atoms with E-state index < -0.39 is 10.0 Å². The molecule has 0 bridgehead atoms. The van der Waals surface area contributed by atoms with Crippen LogP contribution in [0.25, 0.3) is 22.5 Å². The van der Waals surface area contributed by atoms with Crippen molar-refractivity contribution in [3.8, 4) is 22.5 Å². The van der Waals surface area contributed by atoms with E-state index in [9.17, 15) is 8.42 Å². The van der Waals surface area contributed by atoms with E-state index in [1.54, 1.807) is 12.1 Å². The fourth-order valence-electron chi connectivity index (χ4n) is 2.57. The van der Waals surface area contributed by atoms with Gasteiger partial charge in [-0.15, -0.1) is 0 Å². The predicted octanol–water partition coefficient (Wildman–Crippen LogP) is 3.78. The van der Waals surface area contributed by atoms with Gasteiger partial charge in [0.15, 0.2) is 5.76 Å². The quantitative estimate of drug-likeness (QED) is 0.782. The lowest BCUT2D eigenvalue weighted by Gasteiger charge is -2.08. The number of nitrogens with two attached hydrogens (primary N) is 1. The molecule has 24 heavy (non-hydrogen) atoms. The van der Waals surface area contributed by atoms with Gasteiger partial charge in [0, 0.05) is 5.56 Å². The van der Waals surface area contributed by atoms with E-state index >= 15 is 0 Å². The highest BCUT2D eigenvalue weighted by Gasteiger charge is 2.21. The summed E-state index contributed by atoms with van der Waals surface area (Å²) in [5, 5.41) is 9.39. The molecule has 0 aliphatic heterocycles. The van der Waals surface area contributed by atoms with Gasteiger partial charge in [0.25, 0.3) is 0 Å². The minimum atomic E-state index is -3.72. The molecule has 0 fully saturated rings. The van der Waals surface area contributed by atoms with Crippen molar-refractivity contribution in [3.05, 3.63) is 60.3 Å². The molecule has 2 aromatic carbocycles. The van der Waals surface area contributed by atoms with Crippen LogP contribution in [0.1, 0.15) is 25.5 Å².